The van der Waals surface area contributed by atoms with E-state index in [0.717, 1.165) is 17.3 Å². The van der Waals surface area contributed by atoms with Crippen molar-refractivity contribution < 1.29 is 24.2 Å². The highest BCUT2D eigenvalue weighted by molar-refractivity contribution is 6.24. The first-order valence-electron chi connectivity index (χ1n) is 12.3. The molecule has 202 valence electrons. The van der Waals surface area contributed by atoms with Crippen LogP contribution in [0.3, 0.4) is 0 Å². The molecule has 0 aliphatic rings. The number of carbonyl (C=O) groups is 2. The number of hydrogen-bond donors (Lipinski definition) is 3. The van der Waals surface area contributed by atoms with Crippen LogP contribution in [0.25, 0.3) is 0 Å². The Morgan fingerprint density at radius 3 is 2.50 bits per heavy atom. The van der Waals surface area contributed by atoms with Gasteiger partial charge in [0.25, 0.3) is 5.91 Å². The number of nitrogens with two attached hydrogens (primary N) is 1. The molecule has 1 aromatic carbocycles. The number of benzene rings is 1. The fraction of sp³-hybridized carbons (Fsp3) is 0.654. The number of nitriles is 1. The molecule has 2 amide bonds. The van der Waals surface area contributed by atoms with Gasteiger partial charge in [-0.05, 0) is 57.1 Å². The lowest BCUT2D eigenvalue weighted by molar-refractivity contribution is -0.127. The maximum atomic E-state index is 13.1. The minimum atomic E-state index is -1.20. The van der Waals surface area contributed by atoms with Gasteiger partial charge < -0.3 is 25.6 Å². The number of aliphatic hydroxyl groups excluding tert-OH is 1. The second-order valence-electron chi connectivity index (χ2n) is 9.81. The van der Waals surface area contributed by atoms with Crippen molar-refractivity contribution >= 4 is 23.6 Å². The zero-order chi connectivity index (χ0) is 27.3. The third-order valence-corrected chi connectivity index (χ3v) is 6.36. The van der Waals surface area contributed by atoms with Crippen molar-refractivity contribution in [2.45, 2.75) is 59.1 Å². The van der Waals surface area contributed by atoms with Crippen molar-refractivity contribution in [3.8, 4) is 11.8 Å². The molecule has 0 spiro atoms. The summed E-state index contributed by atoms with van der Waals surface area (Å²) in [5.74, 6) is -0.375. The zero-order valence-corrected chi connectivity index (χ0v) is 22.8. The second-order valence-corrected chi connectivity index (χ2v) is 10.2. The number of amides is 2. The fourth-order valence-corrected chi connectivity index (χ4v) is 3.67. The first-order valence-corrected chi connectivity index (χ1v) is 12.6. The van der Waals surface area contributed by atoms with Gasteiger partial charge >= 0.3 is 0 Å². The Kier molecular flexibility index (Phi) is 13.8. The number of rotatable bonds is 16. The summed E-state index contributed by atoms with van der Waals surface area (Å²) in [5.41, 5.74) is 5.39. The molecule has 0 saturated carbocycles. The van der Waals surface area contributed by atoms with Gasteiger partial charge in [0.2, 0.25) is 5.91 Å². The number of para-hydroxylation sites is 1. The molecule has 10 heteroatoms. The molecule has 0 radical (unpaired) electrons. The molecular formula is C26H41ClN4O5. The maximum Gasteiger partial charge on any atom is 0.271 e. The van der Waals surface area contributed by atoms with Crippen LogP contribution in [-0.2, 0) is 9.53 Å². The van der Waals surface area contributed by atoms with Crippen LogP contribution in [0.15, 0.2) is 24.3 Å². The predicted molar refractivity (Wildman–Crippen MR) is 139 cm³/mol. The first-order chi connectivity index (χ1) is 16.9. The molecule has 0 fully saturated rings. The molecule has 0 aromatic heterocycles. The van der Waals surface area contributed by atoms with Crippen LogP contribution in [0.5, 0.6) is 5.75 Å². The molecule has 0 saturated heterocycles. The smallest absolute Gasteiger partial charge is 0.271 e. The number of carbonyl (C=O) groups excluding carboxylic acids is 2. The monoisotopic (exact) mass is 524 g/mol. The number of methoxy groups -OCH3 is 1. The molecule has 0 bridgehead atoms. The number of nitrogens with one attached hydrogen (secondary N) is 1. The van der Waals surface area contributed by atoms with Crippen LogP contribution in [0, 0.1) is 28.6 Å². The summed E-state index contributed by atoms with van der Waals surface area (Å²) in [5, 5.41) is 22.1. The van der Waals surface area contributed by atoms with E-state index in [1.807, 2.05) is 19.9 Å². The van der Waals surface area contributed by atoms with Crippen molar-refractivity contribution in [1.82, 2.24) is 9.74 Å². The number of ether oxygens (including phenoxy) is 2. The lowest BCUT2D eigenvalue weighted by atomic mass is 9.87. The normalized spacial score (nSPS) is 14.0. The molecular weight excluding hydrogens is 484 g/mol. The van der Waals surface area contributed by atoms with Gasteiger partial charge in [-0.2, -0.15) is 5.26 Å². The summed E-state index contributed by atoms with van der Waals surface area (Å²) in [4.78, 5) is 25.2. The van der Waals surface area contributed by atoms with Crippen molar-refractivity contribution in [1.29, 1.82) is 5.26 Å². The molecule has 0 unspecified atom stereocenters. The number of halogens is 1. The van der Waals surface area contributed by atoms with Crippen LogP contribution < -0.4 is 15.8 Å². The number of unbranched alkanes of at least 4 members (excludes halogenated alkanes) is 1. The predicted octanol–water partition coefficient (Wildman–Crippen LogP) is 3.10. The molecule has 0 heterocycles. The quantitative estimate of drug-likeness (QED) is 0.223. The van der Waals surface area contributed by atoms with E-state index in [4.69, 9.17) is 32.2 Å². The van der Waals surface area contributed by atoms with Crippen LogP contribution in [0.2, 0.25) is 0 Å². The SMILES string of the molecule is COCCCCOc1ccccc1C(=O)N(Cl)C[C@@H](C[C@H](N)[C@@H](O)CNC(=O)C(C)(C)C#N)C(C)C. The van der Waals surface area contributed by atoms with Crippen molar-refractivity contribution in [3.05, 3.63) is 29.8 Å². The van der Waals surface area contributed by atoms with Gasteiger partial charge in [0, 0.05) is 44.6 Å². The van der Waals surface area contributed by atoms with Gasteiger partial charge in [-0.25, -0.2) is 0 Å². The minimum Gasteiger partial charge on any atom is -0.493 e. The molecule has 1 aromatic rings. The number of hydrogen-bond acceptors (Lipinski definition) is 7. The third-order valence-electron chi connectivity index (χ3n) is 6.06. The summed E-state index contributed by atoms with van der Waals surface area (Å²) in [6.07, 6.45) is 1.02. The maximum absolute atomic E-state index is 13.1. The van der Waals surface area contributed by atoms with E-state index in [1.54, 1.807) is 31.4 Å². The highest BCUT2D eigenvalue weighted by Crippen LogP contribution is 2.25. The molecule has 1 rings (SSSR count). The van der Waals surface area contributed by atoms with Gasteiger partial charge in [0.15, 0.2) is 0 Å². The van der Waals surface area contributed by atoms with Crippen molar-refractivity contribution in [2.75, 3.05) is 33.4 Å². The average Bonchev–Trinajstić information content (AvgIpc) is 2.85. The summed E-state index contributed by atoms with van der Waals surface area (Å²) >= 11 is 6.43. The number of nitrogens with zero attached hydrogens (tertiary/aromatic N) is 2. The fourth-order valence-electron chi connectivity index (χ4n) is 3.40. The van der Waals surface area contributed by atoms with Gasteiger partial charge in [-0.1, -0.05) is 26.0 Å². The van der Waals surface area contributed by atoms with Crippen molar-refractivity contribution in [2.24, 2.45) is 23.0 Å². The highest BCUT2D eigenvalue weighted by atomic mass is 35.5. The Labute approximate surface area is 220 Å². The van der Waals surface area contributed by atoms with E-state index >= 15 is 0 Å². The topological polar surface area (TPSA) is 138 Å². The van der Waals surface area contributed by atoms with E-state index in [1.165, 1.54) is 13.8 Å². The molecule has 4 N–H and O–H groups in total. The van der Waals surface area contributed by atoms with Crippen LogP contribution in [-0.4, -0.2) is 66.9 Å². The van der Waals surface area contributed by atoms with E-state index in [2.05, 4.69) is 5.32 Å². The van der Waals surface area contributed by atoms with Gasteiger partial charge in [-0.3, -0.25) is 14.0 Å². The summed E-state index contributed by atoms with van der Waals surface area (Å²) in [6, 6.07) is 8.22. The van der Waals surface area contributed by atoms with Gasteiger partial charge in [-0.15, -0.1) is 0 Å². The largest absolute Gasteiger partial charge is 0.493 e. The van der Waals surface area contributed by atoms with E-state index < -0.39 is 23.5 Å². The Balaban J connectivity index is 2.74. The summed E-state index contributed by atoms with van der Waals surface area (Å²) in [7, 11) is 1.65. The molecule has 0 aliphatic carbocycles. The van der Waals surface area contributed by atoms with E-state index in [9.17, 15) is 14.7 Å². The second kappa shape index (κ2) is 15.7. The molecule has 3 atom stereocenters. The van der Waals surface area contributed by atoms with E-state index in [0.29, 0.717) is 30.9 Å². The number of aliphatic hydroxyl groups is 1. The Bertz CT molecular complexity index is 874. The Morgan fingerprint density at radius 1 is 1.25 bits per heavy atom. The molecule has 9 nitrogen and oxygen atoms in total. The van der Waals surface area contributed by atoms with Crippen molar-refractivity contribution in [3.63, 3.8) is 0 Å². The summed E-state index contributed by atoms with van der Waals surface area (Å²) in [6.45, 7) is 8.24. The average molecular weight is 525 g/mol. The summed E-state index contributed by atoms with van der Waals surface area (Å²) < 4.78 is 12.0. The first kappa shape index (κ1) is 31.6. The lowest BCUT2D eigenvalue weighted by Crippen LogP contribution is -2.47. The Morgan fingerprint density at radius 2 is 1.89 bits per heavy atom. The van der Waals surface area contributed by atoms with Gasteiger partial charge in [0.05, 0.1) is 24.3 Å². The van der Waals surface area contributed by atoms with Crippen LogP contribution in [0.1, 0.15) is 57.3 Å². The van der Waals surface area contributed by atoms with E-state index in [-0.39, 0.29) is 30.8 Å². The van der Waals surface area contributed by atoms with Crippen LogP contribution in [0.4, 0.5) is 0 Å². The highest BCUT2D eigenvalue weighted by Gasteiger charge is 2.30. The Hall–Kier alpha value is -2.38. The van der Waals surface area contributed by atoms with Crippen LogP contribution >= 0.6 is 11.8 Å². The third kappa shape index (κ3) is 10.3. The zero-order valence-electron chi connectivity index (χ0n) is 22.0. The standard InChI is InChI=1S/C26H41ClN4O5/c1-18(2)19(14-21(29)22(32)15-30-25(34)26(3,4)17-28)16-31(27)24(33)20-10-6-7-11-23(20)36-13-9-8-12-35-5/h6-7,10-11,18-19,21-22,32H,8-9,12-16,29H2,1-5H3,(H,30,34)/t19-,21+,22+/m1/s1. The molecule has 0 aliphatic heterocycles. The lowest BCUT2D eigenvalue weighted by Gasteiger charge is -2.30. The minimum absolute atomic E-state index is 0.0749. The van der Waals surface area contributed by atoms with Gasteiger partial charge in [0.1, 0.15) is 11.2 Å². The molecule has 36 heavy (non-hydrogen) atoms.